The largest absolute Gasteiger partial charge is 0.490 e. The summed E-state index contributed by atoms with van der Waals surface area (Å²) in [6.45, 7) is 0.384. The molecule has 7 heteroatoms. The van der Waals surface area contributed by atoms with Gasteiger partial charge in [0.15, 0.2) is 0 Å². The fraction of sp³-hybridized carbons (Fsp3) is 0.318. The molecule has 4 rings (SSSR count). The van der Waals surface area contributed by atoms with Crippen molar-refractivity contribution in [3.05, 3.63) is 47.8 Å². The van der Waals surface area contributed by atoms with Gasteiger partial charge < -0.3 is 10.5 Å². The minimum absolute atomic E-state index is 0.334. The van der Waals surface area contributed by atoms with Gasteiger partial charge in [-0.15, -0.1) is 11.8 Å². The Bertz CT molecular complexity index is 1150. The van der Waals surface area contributed by atoms with E-state index in [9.17, 15) is 10.5 Å². The van der Waals surface area contributed by atoms with Crippen LogP contribution < -0.4 is 10.5 Å². The van der Waals surface area contributed by atoms with Crippen LogP contribution in [0.5, 0.6) is 5.75 Å². The second-order valence-corrected chi connectivity index (χ2v) is 8.23. The van der Waals surface area contributed by atoms with Crippen molar-refractivity contribution in [2.24, 2.45) is 5.73 Å². The molecule has 1 saturated carbocycles. The number of pyridine rings is 1. The molecule has 1 aromatic carbocycles. The monoisotopic (exact) mass is 403 g/mol. The number of ether oxygens (including phenoxy) is 1. The standard InChI is InChI=1S/C22H21N5OS/c1-29-20-10-15(18-13-26-21-6-4-5-16(11-23)27(18)21)9-19(17(20)12-24)28-14-22(25)7-2-3-8-22/h4-6,9-10,13H,2-3,7-8,14,25H2,1H3. The van der Waals surface area contributed by atoms with Crippen LogP contribution in [0.2, 0.25) is 0 Å². The lowest BCUT2D eigenvalue weighted by molar-refractivity contribution is 0.219. The molecule has 0 radical (unpaired) electrons. The van der Waals surface area contributed by atoms with Crippen molar-refractivity contribution in [1.29, 1.82) is 10.5 Å². The van der Waals surface area contributed by atoms with Crippen LogP contribution in [0.25, 0.3) is 16.9 Å². The Labute approximate surface area is 173 Å². The van der Waals surface area contributed by atoms with Crippen molar-refractivity contribution in [2.75, 3.05) is 12.9 Å². The Hall–Kier alpha value is -3.00. The summed E-state index contributed by atoms with van der Waals surface area (Å²) in [6.07, 6.45) is 7.76. The topological polar surface area (TPSA) is 100 Å². The summed E-state index contributed by atoms with van der Waals surface area (Å²) in [4.78, 5) is 5.25. The fourth-order valence-corrected chi connectivity index (χ4v) is 4.49. The third-order valence-electron chi connectivity index (χ3n) is 5.45. The molecule has 0 unspecified atom stereocenters. The first-order valence-corrected chi connectivity index (χ1v) is 10.7. The maximum absolute atomic E-state index is 9.73. The summed E-state index contributed by atoms with van der Waals surface area (Å²) in [5.74, 6) is 0.524. The van der Waals surface area contributed by atoms with Crippen LogP contribution in [0.4, 0.5) is 0 Å². The van der Waals surface area contributed by atoms with Crippen LogP contribution in [0.15, 0.2) is 41.4 Å². The number of nitriles is 2. The number of thioether (sulfide) groups is 1. The molecule has 1 aliphatic carbocycles. The van der Waals surface area contributed by atoms with Gasteiger partial charge in [-0.3, -0.25) is 4.40 Å². The summed E-state index contributed by atoms with van der Waals surface area (Å²) >= 11 is 1.49. The SMILES string of the molecule is CSc1cc(-c2cnc3cccc(C#N)n23)cc(OCC2(N)CCCC2)c1C#N. The number of nitrogens with two attached hydrogens (primary N) is 1. The molecule has 3 aromatic rings. The van der Waals surface area contributed by atoms with Crippen LogP contribution >= 0.6 is 11.8 Å². The van der Waals surface area contributed by atoms with Crippen molar-refractivity contribution >= 4 is 17.4 Å². The molecule has 0 saturated heterocycles. The Morgan fingerprint density at radius 2 is 2.03 bits per heavy atom. The number of imidazole rings is 1. The zero-order valence-corrected chi connectivity index (χ0v) is 17.0. The Morgan fingerprint density at radius 3 is 2.72 bits per heavy atom. The zero-order valence-electron chi connectivity index (χ0n) is 16.2. The second kappa shape index (κ2) is 7.79. The highest BCUT2D eigenvalue weighted by molar-refractivity contribution is 7.98. The van der Waals surface area contributed by atoms with Crippen molar-refractivity contribution in [3.63, 3.8) is 0 Å². The van der Waals surface area contributed by atoms with Gasteiger partial charge in [-0.1, -0.05) is 18.9 Å². The van der Waals surface area contributed by atoms with E-state index < -0.39 is 0 Å². The van der Waals surface area contributed by atoms with E-state index in [1.54, 1.807) is 12.3 Å². The molecule has 146 valence electrons. The lowest BCUT2D eigenvalue weighted by Crippen LogP contribution is -2.42. The highest BCUT2D eigenvalue weighted by Gasteiger charge is 2.30. The summed E-state index contributed by atoms with van der Waals surface area (Å²) in [7, 11) is 0. The number of rotatable bonds is 5. The molecule has 6 nitrogen and oxygen atoms in total. The Balaban J connectivity index is 1.81. The predicted molar refractivity (Wildman–Crippen MR) is 113 cm³/mol. The van der Waals surface area contributed by atoms with Crippen LogP contribution in [-0.4, -0.2) is 27.8 Å². The Morgan fingerprint density at radius 1 is 1.24 bits per heavy atom. The summed E-state index contributed by atoms with van der Waals surface area (Å²) < 4.78 is 7.93. The fourth-order valence-electron chi connectivity index (χ4n) is 3.90. The van der Waals surface area contributed by atoms with E-state index in [4.69, 9.17) is 10.5 Å². The van der Waals surface area contributed by atoms with Gasteiger partial charge in [-0.25, -0.2) is 4.98 Å². The van der Waals surface area contributed by atoms with Gasteiger partial charge in [0.25, 0.3) is 0 Å². The third kappa shape index (κ3) is 3.55. The van der Waals surface area contributed by atoms with E-state index in [0.29, 0.717) is 29.3 Å². The molecule has 1 aliphatic rings. The van der Waals surface area contributed by atoms with Crippen LogP contribution in [0.3, 0.4) is 0 Å². The van der Waals surface area contributed by atoms with Gasteiger partial charge in [-0.2, -0.15) is 10.5 Å². The van der Waals surface area contributed by atoms with E-state index in [1.165, 1.54) is 11.8 Å². The first-order chi connectivity index (χ1) is 14.1. The molecule has 1 fully saturated rings. The number of benzene rings is 1. The van der Waals surface area contributed by atoms with Gasteiger partial charge >= 0.3 is 0 Å². The first kappa shape index (κ1) is 19.3. The smallest absolute Gasteiger partial charge is 0.138 e. The molecule has 0 bridgehead atoms. The van der Waals surface area contributed by atoms with E-state index in [-0.39, 0.29) is 5.54 Å². The first-order valence-electron chi connectivity index (χ1n) is 9.49. The highest BCUT2D eigenvalue weighted by Crippen LogP contribution is 2.36. The normalized spacial score (nSPS) is 15.2. The van der Waals surface area contributed by atoms with Gasteiger partial charge in [0.2, 0.25) is 0 Å². The molecular formula is C22H21N5OS. The number of hydrogen-bond donors (Lipinski definition) is 1. The van der Waals surface area contributed by atoms with E-state index >= 15 is 0 Å². The second-order valence-electron chi connectivity index (χ2n) is 7.38. The number of hydrogen-bond acceptors (Lipinski definition) is 6. The average molecular weight is 404 g/mol. The maximum Gasteiger partial charge on any atom is 0.138 e. The highest BCUT2D eigenvalue weighted by atomic mass is 32.2. The lowest BCUT2D eigenvalue weighted by atomic mass is 10.0. The van der Waals surface area contributed by atoms with Crippen molar-refractivity contribution in [1.82, 2.24) is 9.38 Å². The molecule has 0 spiro atoms. The van der Waals surface area contributed by atoms with Crippen molar-refractivity contribution < 1.29 is 4.74 Å². The third-order valence-corrected chi connectivity index (χ3v) is 6.21. The van der Waals surface area contributed by atoms with Gasteiger partial charge in [0.1, 0.15) is 41.4 Å². The summed E-state index contributed by atoms with van der Waals surface area (Å²) in [6, 6.07) is 13.7. The number of fused-ring (bicyclic) bond motifs is 1. The minimum Gasteiger partial charge on any atom is -0.490 e. The average Bonchev–Trinajstić information content (AvgIpc) is 3.38. The Kier molecular flexibility index (Phi) is 5.19. The maximum atomic E-state index is 9.73. The van der Waals surface area contributed by atoms with Crippen molar-refractivity contribution in [2.45, 2.75) is 36.1 Å². The van der Waals surface area contributed by atoms with Crippen LogP contribution in [0, 0.1) is 22.7 Å². The quantitative estimate of drug-likeness (QED) is 0.643. The summed E-state index contributed by atoms with van der Waals surface area (Å²) in [5.41, 5.74) is 9.45. The van der Waals surface area contributed by atoms with Gasteiger partial charge in [0, 0.05) is 10.5 Å². The number of aromatic nitrogens is 2. The molecule has 2 heterocycles. The van der Waals surface area contributed by atoms with E-state index in [2.05, 4.69) is 17.1 Å². The molecule has 2 aromatic heterocycles. The molecule has 0 aliphatic heterocycles. The van der Waals surface area contributed by atoms with Gasteiger partial charge in [0.05, 0.1) is 17.4 Å². The molecule has 0 atom stereocenters. The molecule has 29 heavy (non-hydrogen) atoms. The minimum atomic E-state index is -0.334. The molecule has 0 amide bonds. The van der Waals surface area contributed by atoms with E-state index in [0.717, 1.165) is 41.8 Å². The predicted octanol–water partition coefficient (Wildman–Crippen LogP) is 4.12. The summed E-state index contributed by atoms with van der Waals surface area (Å²) in [5, 5.41) is 19.2. The number of nitrogens with zero attached hydrogens (tertiary/aromatic N) is 4. The van der Waals surface area contributed by atoms with Crippen LogP contribution in [0.1, 0.15) is 36.9 Å². The zero-order chi connectivity index (χ0) is 20.4. The van der Waals surface area contributed by atoms with Crippen LogP contribution in [-0.2, 0) is 0 Å². The van der Waals surface area contributed by atoms with E-state index in [1.807, 2.05) is 34.9 Å². The lowest BCUT2D eigenvalue weighted by Gasteiger charge is -2.24. The molecular weight excluding hydrogens is 382 g/mol. The van der Waals surface area contributed by atoms with Crippen molar-refractivity contribution in [3.8, 4) is 29.1 Å². The van der Waals surface area contributed by atoms with Gasteiger partial charge in [-0.05, 0) is 43.4 Å². The molecule has 2 N–H and O–H groups in total.